The van der Waals surface area contributed by atoms with Crippen LogP contribution in [0, 0.1) is 5.92 Å². The van der Waals surface area contributed by atoms with Crippen molar-refractivity contribution in [3.63, 3.8) is 0 Å². The zero-order chi connectivity index (χ0) is 10.6. The molecule has 1 heterocycles. The van der Waals surface area contributed by atoms with Crippen molar-refractivity contribution in [1.82, 2.24) is 4.98 Å². The third-order valence-electron chi connectivity index (χ3n) is 1.88. The molecule has 1 aromatic rings. The Labute approximate surface area is 89.3 Å². The first-order chi connectivity index (χ1) is 6.58. The highest BCUT2D eigenvalue weighted by molar-refractivity contribution is 7.15. The fourth-order valence-corrected chi connectivity index (χ4v) is 1.95. The second-order valence-electron chi connectivity index (χ2n) is 3.92. The first-order valence-electron chi connectivity index (χ1n) is 4.89. The van der Waals surface area contributed by atoms with Gasteiger partial charge in [0.2, 0.25) is 0 Å². The van der Waals surface area contributed by atoms with E-state index in [1.165, 1.54) is 11.3 Å². The van der Waals surface area contributed by atoms with Crippen molar-refractivity contribution < 1.29 is 4.74 Å². The summed E-state index contributed by atoms with van der Waals surface area (Å²) in [5.74, 6) is 0.677. The van der Waals surface area contributed by atoms with Crippen LogP contribution in [0.4, 0.5) is 5.13 Å². The fourth-order valence-electron chi connectivity index (χ4n) is 1.35. The number of hydrogen-bond donors (Lipinski definition) is 1. The van der Waals surface area contributed by atoms with Gasteiger partial charge in [0, 0.05) is 6.20 Å². The van der Waals surface area contributed by atoms with Crippen molar-refractivity contribution >= 4 is 16.5 Å². The molecule has 0 saturated carbocycles. The Bertz CT molecular complexity index is 273. The number of nitrogens with zero attached hydrogens (tertiary/aromatic N) is 1. The second kappa shape index (κ2) is 5.32. The number of rotatable bonds is 5. The molecule has 0 aromatic carbocycles. The summed E-state index contributed by atoms with van der Waals surface area (Å²) in [4.78, 5) is 5.07. The minimum absolute atomic E-state index is 0.304. The largest absolute Gasteiger partial charge is 0.375 e. The number of thiazole rings is 1. The summed E-state index contributed by atoms with van der Waals surface area (Å²) >= 11 is 1.49. The lowest BCUT2D eigenvalue weighted by Crippen LogP contribution is -2.10. The highest BCUT2D eigenvalue weighted by Crippen LogP contribution is 2.17. The molecule has 0 aliphatic carbocycles. The van der Waals surface area contributed by atoms with Crippen LogP contribution in [-0.2, 0) is 11.3 Å². The van der Waals surface area contributed by atoms with Crippen LogP contribution in [0.25, 0.3) is 0 Å². The molecule has 0 saturated heterocycles. The summed E-state index contributed by atoms with van der Waals surface area (Å²) in [5, 5.41) is 0.611. The Hall–Kier alpha value is -0.610. The number of anilines is 1. The Morgan fingerprint density at radius 2 is 2.21 bits per heavy atom. The summed E-state index contributed by atoms with van der Waals surface area (Å²) in [5.41, 5.74) is 5.52. The summed E-state index contributed by atoms with van der Waals surface area (Å²) in [6.45, 7) is 7.13. The van der Waals surface area contributed by atoms with E-state index in [1.807, 2.05) is 0 Å². The average Bonchev–Trinajstić information content (AvgIpc) is 2.47. The van der Waals surface area contributed by atoms with Crippen molar-refractivity contribution in [1.29, 1.82) is 0 Å². The number of nitrogen functional groups attached to an aromatic ring is 1. The standard InChI is InChI=1S/C10H18N2OS/c1-7(2)4-8(3)13-6-9-5-12-10(11)14-9/h5,7-8H,4,6H2,1-3H3,(H2,11,12). The van der Waals surface area contributed by atoms with E-state index in [4.69, 9.17) is 10.5 Å². The lowest BCUT2D eigenvalue weighted by molar-refractivity contribution is 0.0411. The SMILES string of the molecule is CC(C)CC(C)OCc1cnc(N)s1. The lowest BCUT2D eigenvalue weighted by Gasteiger charge is -2.14. The number of hydrogen-bond acceptors (Lipinski definition) is 4. The Balaban J connectivity index is 2.26. The minimum Gasteiger partial charge on any atom is -0.375 e. The molecule has 0 bridgehead atoms. The maximum absolute atomic E-state index is 5.67. The van der Waals surface area contributed by atoms with Gasteiger partial charge in [-0.2, -0.15) is 0 Å². The van der Waals surface area contributed by atoms with Crippen LogP contribution in [-0.4, -0.2) is 11.1 Å². The molecule has 80 valence electrons. The maximum Gasteiger partial charge on any atom is 0.180 e. The molecule has 3 nitrogen and oxygen atoms in total. The van der Waals surface area contributed by atoms with Gasteiger partial charge in [0.15, 0.2) is 5.13 Å². The van der Waals surface area contributed by atoms with Crippen molar-refractivity contribution in [3.05, 3.63) is 11.1 Å². The Morgan fingerprint density at radius 3 is 2.71 bits per heavy atom. The Kier molecular flexibility index (Phi) is 4.35. The smallest absolute Gasteiger partial charge is 0.180 e. The van der Waals surface area contributed by atoms with Gasteiger partial charge in [-0.15, -0.1) is 0 Å². The maximum atomic E-state index is 5.67. The van der Waals surface area contributed by atoms with Gasteiger partial charge in [0.1, 0.15) is 0 Å². The minimum atomic E-state index is 0.304. The van der Waals surface area contributed by atoms with Crippen molar-refractivity contribution in [2.45, 2.75) is 39.9 Å². The fraction of sp³-hybridized carbons (Fsp3) is 0.700. The molecule has 0 aliphatic rings. The average molecular weight is 214 g/mol. The van der Waals surface area contributed by atoms with E-state index < -0.39 is 0 Å². The van der Waals surface area contributed by atoms with Gasteiger partial charge in [-0.1, -0.05) is 25.2 Å². The van der Waals surface area contributed by atoms with E-state index in [1.54, 1.807) is 6.20 Å². The topological polar surface area (TPSA) is 48.1 Å². The quantitative estimate of drug-likeness (QED) is 0.819. The van der Waals surface area contributed by atoms with Crippen molar-refractivity contribution in [2.24, 2.45) is 5.92 Å². The third-order valence-corrected chi connectivity index (χ3v) is 2.68. The normalized spacial score (nSPS) is 13.4. The Morgan fingerprint density at radius 1 is 1.50 bits per heavy atom. The molecule has 14 heavy (non-hydrogen) atoms. The summed E-state index contributed by atoms with van der Waals surface area (Å²) in [7, 11) is 0. The van der Waals surface area contributed by atoms with Crippen molar-refractivity contribution in [3.8, 4) is 0 Å². The van der Waals surface area contributed by atoms with Gasteiger partial charge >= 0.3 is 0 Å². The van der Waals surface area contributed by atoms with E-state index in [-0.39, 0.29) is 0 Å². The molecule has 2 N–H and O–H groups in total. The predicted molar refractivity (Wildman–Crippen MR) is 60.2 cm³/mol. The molecule has 1 unspecified atom stereocenters. The lowest BCUT2D eigenvalue weighted by atomic mass is 10.1. The van der Waals surface area contributed by atoms with Crippen LogP contribution in [0.5, 0.6) is 0 Å². The molecule has 1 aromatic heterocycles. The molecule has 0 fully saturated rings. The molecule has 1 rings (SSSR count). The predicted octanol–water partition coefficient (Wildman–Crippen LogP) is 2.68. The van der Waals surface area contributed by atoms with Gasteiger partial charge in [-0.05, 0) is 19.3 Å². The van der Waals surface area contributed by atoms with Crippen LogP contribution in [0.15, 0.2) is 6.20 Å². The first kappa shape index (κ1) is 11.5. The molecule has 0 radical (unpaired) electrons. The van der Waals surface area contributed by atoms with Gasteiger partial charge in [-0.3, -0.25) is 0 Å². The summed E-state index contributed by atoms with van der Waals surface area (Å²) < 4.78 is 5.67. The van der Waals surface area contributed by atoms with Crippen molar-refractivity contribution in [2.75, 3.05) is 5.73 Å². The van der Waals surface area contributed by atoms with Gasteiger partial charge in [0.25, 0.3) is 0 Å². The monoisotopic (exact) mass is 214 g/mol. The second-order valence-corrected chi connectivity index (χ2v) is 5.06. The molecule has 4 heteroatoms. The number of nitrogens with two attached hydrogens (primary N) is 1. The molecule has 1 atom stereocenters. The van der Waals surface area contributed by atoms with Gasteiger partial charge < -0.3 is 10.5 Å². The first-order valence-corrected chi connectivity index (χ1v) is 5.71. The van der Waals surface area contributed by atoms with Gasteiger partial charge in [0.05, 0.1) is 17.6 Å². The van der Waals surface area contributed by atoms with E-state index in [0.29, 0.717) is 23.8 Å². The molecular weight excluding hydrogens is 196 g/mol. The van der Waals surface area contributed by atoms with Crippen LogP contribution < -0.4 is 5.73 Å². The van der Waals surface area contributed by atoms with E-state index in [2.05, 4.69) is 25.8 Å². The zero-order valence-corrected chi connectivity index (χ0v) is 9.80. The summed E-state index contributed by atoms with van der Waals surface area (Å²) in [6, 6.07) is 0. The zero-order valence-electron chi connectivity index (χ0n) is 8.99. The molecule has 0 amide bonds. The van der Waals surface area contributed by atoms with Crippen LogP contribution in [0.2, 0.25) is 0 Å². The van der Waals surface area contributed by atoms with E-state index in [9.17, 15) is 0 Å². The van der Waals surface area contributed by atoms with Gasteiger partial charge in [-0.25, -0.2) is 4.98 Å². The molecule has 0 spiro atoms. The highest BCUT2D eigenvalue weighted by Gasteiger charge is 2.06. The highest BCUT2D eigenvalue weighted by atomic mass is 32.1. The van der Waals surface area contributed by atoms with E-state index >= 15 is 0 Å². The number of aromatic nitrogens is 1. The van der Waals surface area contributed by atoms with Crippen LogP contribution in [0.1, 0.15) is 32.1 Å². The van der Waals surface area contributed by atoms with Crippen LogP contribution in [0.3, 0.4) is 0 Å². The van der Waals surface area contributed by atoms with Crippen LogP contribution >= 0.6 is 11.3 Å². The van der Waals surface area contributed by atoms with E-state index in [0.717, 1.165) is 11.3 Å². The molecular formula is C10H18N2OS. The summed E-state index contributed by atoms with van der Waals surface area (Å²) in [6.07, 6.45) is 3.18. The molecule has 0 aliphatic heterocycles. The third kappa shape index (κ3) is 4.07. The number of ether oxygens (including phenoxy) is 1.